The summed E-state index contributed by atoms with van der Waals surface area (Å²) < 4.78 is 11.5. The van der Waals surface area contributed by atoms with Crippen LogP contribution in [0.4, 0.5) is 5.69 Å². The van der Waals surface area contributed by atoms with E-state index >= 15 is 0 Å². The molecule has 0 unspecified atom stereocenters. The van der Waals surface area contributed by atoms with E-state index in [9.17, 15) is 9.59 Å². The molecule has 2 aromatic carbocycles. The van der Waals surface area contributed by atoms with E-state index in [-0.39, 0.29) is 12.3 Å². The van der Waals surface area contributed by atoms with Crippen LogP contribution in [0.25, 0.3) is 11.0 Å². The van der Waals surface area contributed by atoms with Gasteiger partial charge in [0.25, 0.3) is 0 Å². The Labute approximate surface area is 137 Å². The van der Waals surface area contributed by atoms with Crippen molar-refractivity contribution in [2.75, 3.05) is 20.0 Å². The van der Waals surface area contributed by atoms with Gasteiger partial charge in [-0.15, -0.1) is 0 Å². The number of ether oxygens (including phenoxy) is 2. The molecule has 0 aliphatic heterocycles. The van der Waals surface area contributed by atoms with Crippen LogP contribution in [0.15, 0.2) is 41.2 Å². The number of hydrogen-bond donors (Lipinski definition) is 2. The number of benzene rings is 2. The number of imidazole rings is 1. The predicted octanol–water partition coefficient (Wildman–Crippen LogP) is 1.81. The number of nitrogens with two attached hydrogens (primary N) is 1. The number of fused-ring (bicyclic) bond motifs is 1. The van der Waals surface area contributed by atoms with Gasteiger partial charge in [0.2, 0.25) is 5.91 Å². The Balaban J connectivity index is 1.96. The Hall–Kier alpha value is -3.22. The average Bonchev–Trinajstić information content (AvgIpc) is 2.89. The van der Waals surface area contributed by atoms with Gasteiger partial charge < -0.3 is 20.2 Å². The molecule has 0 fully saturated rings. The maximum absolute atomic E-state index is 12.6. The molecule has 0 radical (unpaired) electrons. The summed E-state index contributed by atoms with van der Waals surface area (Å²) in [5, 5.41) is 0. The van der Waals surface area contributed by atoms with Crippen LogP contribution in [0.5, 0.6) is 11.5 Å². The summed E-state index contributed by atoms with van der Waals surface area (Å²) in [5.41, 5.74) is 7.48. The first-order chi connectivity index (χ1) is 11.5. The Kier molecular flexibility index (Phi) is 3.99. The van der Waals surface area contributed by atoms with E-state index in [1.165, 1.54) is 7.11 Å². The fraction of sp³-hybridized carbons (Fsp3) is 0.176. The molecule has 124 valence electrons. The fourth-order valence-electron chi connectivity index (χ4n) is 2.62. The largest absolute Gasteiger partial charge is 0.493 e. The van der Waals surface area contributed by atoms with Crippen LogP contribution < -0.4 is 20.9 Å². The first-order valence-electron chi connectivity index (χ1n) is 7.28. The lowest BCUT2D eigenvalue weighted by atomic mass is 10.1. The quantitative estimate of drug-likeness (QED) is 0.712. The van der Waals surface area contributed by atoms with Crippen LogP contribution >= 0.6 is 0 Å². The second kappa shape index (κ2) is 6.11. The number of carbonyl (C=O) groups excluding carboxylic acids is 1. The number of nitrogens with zero attached hydrogens (tertiary/aromatic N) is 1. The first kappa shape index (κ1) is 15.7. The lowest BCUT2D eigenvalue weighted by Crippen LogP contribution is -2.25. The first-order valence-corrected chi connectivity index (χ1v) is 7.28. The van der Waals surface area contributed by atoms with Gasteiger partial charge in [-0.1, -0.05) is 6.07 Å². The molecule has 0 aliphatic rings. The zero-order chi connectivity index (χ0) is 17.3. The summed E-state index contributed by atoms with van der Waals surface area (Å²) >= 11 is 0. The summed E-state index contributed by atoms with van der Waals surface area (Å²) in [4.78, 5) is 27.3. The van der Waals surface area contributed by atoms with Gasteiger partial charge in [0.15, 0.2) is 11.5 Å². The Morgan fingerprint density at radius 3 is 2.58 bits per heavy atom. The monoisotopic (exact) mass is 327 g/mol. The molecule has 7 heteroatoms. The number of aromatic nitrogens is 2. The van der Waals surface area contributed by atoms with E-state index in [1.54, 1.807) is 43.5 Å². The number of carbonyl (C=O) groups is 1. The molecule has 0 atom stereocenters. The molecule has 3 aromatic rings. The fourth-order valence-corrected chi connectivity index (χ4v) is 2.62. The van der Waals surface area contributed by atoms with Gasteiger partial charge in [0, 0.05) is 5.69 Å². The van der Waals surface area contributed by atoms with E-state index in [2.05, 4.69) is 4.98 Å². The summed E-state index contributed by atoms with van der Waals surface area (Å²) in [6.45, 7) is 0. The van der Waals surface area contributed by atoms with Crippen molar-refractivity contribution in [1.29, 1.82) is 0 Å². The zero-order valence-corrected chi connectivity index (χ0v) is 13.3. The van der Waals surface area contributed by atoms with Gasteiger partial charge in [-0.05, 0) is 35.9 Å². The highest BCUT2D eigenvalue weighted by molar-refractivity contribution is 5.92. The topological polar surface area (TPSA) is 99.3 Å². The standard InChI is InChI=1S/C17H17N3O4/c1-23-14-6-3-10(7-15(14)24-2)8-16(21)20-13-5-4-11(18)9-12(13)19-17(20)22/h3-7,9H,8,18H2,1-2H3,(H,19,22). The highest BCUT2D eigenvalue weighted by atomic mass is 16.5. The second-order valence-corrected chi connectivity index (χ2v) is 5.30. The average molecular weight is 327 g/mol. The predicted molar refractivity (Wildman–Crippen MR) is 90.8 cm³/mol. The number of aromatic amines is 1. The summed E-state index contributed by atoms with van der Waals surface area (Å²) in [5.74, 6) is 0.763. The van der Waals surface area contributed by atoms with Crippen molar-refractivity contribution in [3.63, 3.8) is 0 Å². The zero-order valence-electron chi connectivity index (χ0n) is 13.3. The number of rotatable bonds is 4. The molecule has 1 heterocycles. The van der Waals surface area contributed by atoms with Crippen molar-refractivity contribution in [2.45, 2.75) is 6.42 Å². The molecule has 1 aromatic heterocycles. The minimum atomic E-state index is -0.485. The van der Waals surface area contributed by atoms with Crippen LogP contribution in [0.1, 0.15) is 10.4 Å². The summed E-state index contributed by atoms with van der Waals surface area (Å²) in [7, 11) is 3.07. The van der Waals surface area contributed by atoms with Crippen LogP contribution in [0.2, 0.25) is 0 Å². The molecular weight excluding hydrogens is 310 g/mol. The maximum Gasteiger partial charge on any atom is 0.333 e. The highest BCUT2D eigenvalue weighted by Gasteiger charge is 2.15. The third-order valence-corrected chi connectivity index (χ3v) is 3.76. The Bertz CT molecular complexity index is 972. The number of methoxy groups -OCH3 is 2. The minimum absolute atomic E-state index is 0.0532. The molecule has 0 amide bonds. The van der Waals surface area contributed by atoms with Crippen molar-refractivity contribution >= 4 is 22.6 Å². The van der Waals surface area contributed by atoms with Crippen molar-refractivity contribution in [3.8, 4) is 11.5 Å². The number of nitrogen functional groups attached to an aromatic ring is 1. The number of anilines is 1. The molecule has 0 aliphatic carbocycles. The van der Waals surface area contributed by atoms with Gasteiger partial charge >= 0.3 is 5.69 Å². The summed E-state index contributed by atoms with van der Waals surface area (Å²) in [6, 6.07) is 10.1. The number of nitrogens with one attached hydrogen (secondary N) is 1. The normalized spacial score (nSPS) is 10.8. The molecule has 0 bridgehead atoms. The van der Waals surface area contributed by atoms with Gasteiger partial charge in [-0.25, -0.2) is 9.36 Å². The summed E-state index contributed by atoms with van der Waals surface area (Å²) in [6.07, 6.45) is 0.0532. The SMILES string of the molecule is COc1ccc(CC(=O)n2c(=O)[nH]c3cc(N)ccc32)cc1OC. The van der Waals surface area contributed by atoms with E-state index < -0.39 is 5.69 Å². The number of hydrogen-bond acceptors (Lipinski definition) is 5. The number of H-pyrrole nitrogens is 1. The van der Waals surface area contributed by atoms with E-state index in [0.717, 1.165) is 4.57 Å². The molecule has 0 saturated heterocycles. The molecular formula is C17H17N3O4. The van der Waals surface area contributed by atoms with Crippen LogP contribution in [-0.2, 0) is 6.42 Å². The van der Waals surface area contributed by atoms with Crippen LogP contribution in [0.3, 0.4) is 0 Å². The highest BCUT2D eigenvalue weighted by Crippen LogP contribution is 2.28. The molecule has 0 spiro atoms. The van der Waals surface area contributed by atoms with Gasteiger partial charge in [-0.2, -0.15) is 0 Å². The molecule has 3 rings (SSSR count). The molecule has 3 N–H and O–H groups in total. The maximum atomic E-state index is 12.6. The molecule has 0 saturated carbocycles. The lowest BCUT2D eigenvalue weighted by molar-refractivity contribution is 0.0915. The van der Waals surface area contributed by atoms with Crippen LogP contribution in [0, 0.1) is 0 Å². The third-order valence-electron chi connectivity index (χ3n) is 3.76. The lowest BCUT2D eigenvalue weighted by Gasteiger charge is -2.09. The second-order valence-electron chi connectivity index (χ2n) is 5.30. The smallest absolute Gasteiger partial charge is 0.333 e. The van der Waals surface area contributed by atoms with E-state index in [1.807, 2.05) is 0 Å². The van der Waals surface area contributed by atoms with Crippen molar-refractivity contribution < 1.29 is 14.3 Å². The van der Waals surface area contributed by atoms with Crippen molar-refractivity contribution in [2.24, 2.45) is 0 Å². The van der Waals surface area contributed by atoms with E-state index in [4.69, 9.17) is 15.2 Å². The Morgan fingerprint density at radius 2 is 1.88 bits per heavy atom. The molecule has 24 heavy (non-hydrogen) atoms. The van der Waals surface area contributed by atoms with Gasteiger partial charge in [0.1, 0.15) is 0 Å². The molecule has 7 nitrogen and oxygen atoms in total. The van der Waals surface area contributed by atoms with Gasteiger partial charge in [-0.3, -0.25) is 4.79 Å². The van der Waals surface area contributed by atoms with E-state index in [0.29, 0.717) is 33.8 Å². The van der Waals surface area contributed by atoms with Crippen molar-refractivity contribution in [1.82, 2.24) is 9.55 Å². The van der Waals surface area contributed by atoms with Crippen molar-refractivity contribution in [3.05, 3.63) is 52.4 Å². The van der Waals surface area contributed by atoms with Gasteiger partial charge in [0.05, 0.1) is 31.7 Å². The Morgan fingerprint density at radius 1 is 1.12 bits per heavy atom. The third kappa shape index (κ3) is 2.71. The minimum Gasteiger partial charge on any atom is -0.493 e. The van der Waals surface area contributed by atoms with Crippen LogP contribution in [-0.4, -0.2) is 29.7 Å².